The Balaban J connectivity index is 1.75. The van der Waals surface area contributed by atoms with Gasteiger partial charge in [0, 0.05) is 18.2 Å². The van der Waals surface area contributed by atoms with Crippen molar-refractivity contribution in [3.63, 3.8) is 0 Å². The van der Waals surface area contributed by atoms with E-state index >= 15 is 0 Å². The molecule has 0 atom stereocenters. The molecule has 0 saturated heterocycles. The summed E-state index contributed by atoms with van der Waals surface area (Å²) >= 11 is 5.61. The van der Waals surface area contributed by atoms with Gasteiger partial charge in [-0.15, -0.1) is 0 Å². The van der Waals surface area contributed by atoms with E-state index in [4.69, 9.17) is 16.3 Å². The van der Waals surface area contributed by atoms with E-state index in [9.17, 15) is 4.79 Å². The maximum atomic E-state index is 11.5. The minimum absolute atomic E-state index is 0.424. The summed E-state index contributed by atoms with van der Waals surface area (Å²) in [6, 6.07) is 10.8. The zero-order valence-corrected chi connectivity index (χ0v) is 12.6. The molecule has 4 rings (SSSR count). The van der Waals surface area contributed by atoms with Crippen LogP contribution < -0.4 is 4.74 Å². The first-order valence-electron chi connectivity index (χ1n) is 6.99. The molecule has 0 bridgehead atoms. The number of rotatable bonds is 3. The normalized spacial score (nSPS) is 12.4. The number of aliphatic imine (C=N–C) groups is 1. The van der Waals surface area contributed by atoms with Gasteiger partial charge in [-0.25, -0.2) is 4.98 Å². The number of hydrogen-bond donors (Lipinski definition) is 0. The van der Waals surface area contributed by atoms with Crippen molar-refractivity contribution in [3.05, 3.63) is 54.0 Å². The fraction of sp³-hybridized carbons (Fsp3) is 0.0588. The van der Waals surface area contributed by atoms with Gasteiger partial charge in [0.1, 0.15) is 17.8 Å². The molecule has 1 aliphatic heterocycles. The number of fused-ring (bicyclic) bond motifs is 2. The zero-order chi connectivity index (χ0) is 15.8. The average Bonchev–Trinajstić information content (AvgIpc) is 3.03. The number of nitrogens with zero attached hydrogens (tertiary/aromatic N) is 3. The molecule has 3 aromatic rings. The molecule has 5 nitrogen and oxygen atoms in total. The number of halogens is 1. The van der Waals surface area contributed by atoms with Crippen LogP contribution in [0.3, 0.4) is 0 Å². The van der Waals surface area contributed by atoms with Crippen molar-refractivity contribution in [2.24, 2.45) is 4.99 Å². The van der Waals surface area contributed by atoms with Crippen molar-refractivity contribution in [2.45, 2.75) is 6.42 Å². The van der Waals surface area contributed by atoms with Crippen molar-refractivity contribution >= 4 is 39.5 Å². The molecule has 0 aliphatic carbocycles. The van der Waals surface area contributed by atoms with Gasteiger partial charge in [0.2, 0.25) is 5.88 Å². The molecule has 0 spiro atoms. The third-order valence-corrected chi connectivity index (χ3v) is 3.85. The van der Waals surface area contributed by atoms with Crippen LogP contribution >= 0.6 is 11.6 Å². The number of benzene rings is 2. The van der Waals surface area contributed by atoms with Gasteiger partial charge in [0.05, 0.1) is 5.69 Å². The Labute approximate surface area is 136 Å². The summed E-state index contributed by atoms with van der Waals surface area (Å²) in [5, 5.41) is 1.17. The Bertz CT molecular complexity index is 969. The molecule has 0 fully saturated rings. The van der Waals surface area contributed by atoms with E-state index < -0.39 is 5.24 Å². The van der Waals surface area contributed by atoms with Gasteiger partial charge in [0.15, 0.2) is 0 Å². The highest BCUT2D eigenvalue weighted by Gasteiger charge is 2.16. The number of aromatic nitrogens is 2. The second-order valence-electron chi connectivity index (χ2n) is 5.05. The molecule has 0 N–H and O–H groups in total. The van der Waals surface area contributed by atoms with E-state index in [-0.39, 0.29) is 0 Å². The largest absolute Gasteiger partial charge is 0.437 e. The Morgan fingerprint density at radius 3 is 2.96 bits per heavy atom. The predicted molar refractivity (Wildman–Crippen MR) is 88.1 cm³/mol. The van der Waals surface area contributed by atoms with Crippen LogP contribution in [0.2, 0.25) is 0 Å². The fourth-order valence-electron chi connectivity index (χ4n) is 2.58. The molecule has 2 heterocycles. The molecule has 23 heavy (non-hydrogen) atoms. The van der Waals surface area contributed by atoms with E-state index in [0.717, 1.165) is 16.5 Å². The van der Waals surface area contributed by atoms with Crippen molar-refractivity contribution < 1.29 is 9.53 Å². The minimum atomic E-state index is -0.479. The van der Waals surface area contributed by atoms with E-state index in [1.165, 1.54) is 6.33 Å². The predicted octanol–water partition coefficient (Wildman–Crippen LogP) is 4.06. The van der Waals surface area contributed by atoms with E-state index in [1.54, 1.807) is 24.4 Å². The quantitative estimate of drug-likeness (QED) is 0.682. The van der Waals surface area contributed by atoms with Crippen LogP contribution in [0.1, 0.15) is 16.1 Å². The lowest BCUT2D eigenvalue weighted by molar-refractivity contribution is 0.108. The number of carbonyl (C=O) groups excluding carboxylic acids is 1. The zero-order valence-electron chi connectivity index (χ0n) is 11.9. The Morgan fingerprint density at radius 2 is 2.09 bits per heavy atom. The molecule has 1 aliphatic rings. The van der Waals surface area contributed by atoms with Crippen LogP contribution in [-0.4, -0.2) is 21.4 Å². The first-order valence-corrected chi connectivity index (χ1v) is 7.37. The smallest absolute Gasteiger partial charge is 0.253 e. The van der Waals surface area contributed by atoms with Crippen LogP contribution in [0.5, 0.6) is 11.6 Å². The monoisotopic (exact) mass is 323 g/mol. The maximum Gasteiger partial charge on any atom is 0.253 e. The third kappa shape index (κ3) is 2.45. The molecule has 0 amide bonds. The molecular weight excluding hydrogens is 314 g/mol. The molecule has 6 heteroatoms. The summed E-state index contributed by atoms with van der Waals surface area (Å²) in [7, 11) is 0. The lowest BCUT2D eigenvalue weighted by Gasteiger charge is -2.09. The van der Waals surface area contributed by atoms with Crippen LogP contribution in [0.15, 0.2) is 47.7 Å². The van der Waals surface area contributed by atoms with E-state index in [1.807, 2.05) is 18.2 Å². The van der Waals surface area contributed by atoms with Gasteiger partial charge in [-0.3, -0.25) is 9.79 Å². The Morgan fingerprint density at radius 1 is 1.17 bits per heavy atom. The van der Waals surface area contributed by atoms with Crippen molar-refractivity contribution in [1.29, 1.82) is 0 Å². The SMILES string of the molecule is O=C(Cl)c1cccc2cc(Oc3ncnc4c3N=CC4)ccc12. The second-order valence-corrected chi connectivity index (χ2v) is 5.40. The molecule has 112 valence electrons. The van der Waals surface area contributed by atoms with Gasteiger partial charge in [-0.1, -0.05) is 12.1 Å². The highest BCUT2D eigenvalue weighted by Crippen LogP contribution is 2.35. The fourth-order valence-corrected chi connectivity index (χ4v) is 2.75. The van der Waals surface area contributed by atoms with Crippen molar-refractivity contribution in [1.82, 2.24) is 9.97 Å². The number of hydrogen-bond acceptors (Lipinski definition) is 5. The molecule has 0 radical (unpaired) electrons. The first kappa shape index (κ1) is 13.8. The highest BCUT2D eigenvalue weighted by molar-refractivity contribution is 6.68. The third-order valence-electron chi connectivity index (χ3n) is 3.65. The minimum Gasteiger partial charge on any atom is -0.437 e. The summed E-state index contributed by atoms with van der Waals surface area (Å²) in [5.74, 6) is 1.03. The Hall–Kier alpha value is -2.79. The van der Waals surface area contributed by atoms with Gasteiger partial charge in [0.25, 0.3) is 5.24 Å². The van der Waals surface area contributed by atoms with E-state index in [0.29, 0.717) is 29.3 Å². The first-order chi connectivity index (χ1) is 11.2. The molecule has 1 aromatic heterocycles. The topological polar surface area (TPSA) is 64.4 Å². The van der Waals surface area contributed by atoms with Gasteiger partial charge >= 0.3 is 0 Å². The molecule has 2 aromatic carbocycles. The molecular formula is C17H10ClN3O2. The number of ether oxygens (including phenoxy) is 1. The van der Waals surface area contributed by atoms with Crippen LogP contribution in [0.25, 0.3) is 10.8 Å². The van der Waals surface area contributed by atoms with Gasteiger partial charge < -0.3 is 4.74 Å². The van der Waals surface area contributed by atoms with Gasteiger partial charge in [-0.05, 0) is 46.6 Å². The average molecular weight is 324 g/mol. The lowest BCUT2D eigenvalue weighted by atomic mass is 10.1. The highest BCUT2D eigenvalue weighted by atomic mass is 35.5. The standard InChI is InChI=1S/C17H10ClN3O2/c18-16(22)13-3-1-2-10-8-11(4-5-12(10)13)23-17-15-14(6-7-19-15)20-9-21-17/h1-5,7-9H,6H2. The molecule has 0 unspecified atom stereocenters. The van der Waals surface area contributed by atoms with Crippen LogP contribution in [-0.2, 0) is 6.42 Å². The summed E-state index contributed by atoms with van der Waals surface area (Å²) in [4.78, 5) is 24.0. The van der Waals surface area contributed by atoms with Crippen molar-refractivity contribution in [3.8, 4) is 11.6 Å². The van der Waals surface area contributed by atoms with Crippen LogP contribution in [0.4, 0.5) is 5.69 Å². The lowest BCUT2D eigenvalue weighted by Crippen LogP contribution is -1.94. The summed E-state index contributed by atoms with van der Waals surface area (Å²) in [5.41, 5.74) is 1.99. The molecule has 0 saturated carbocycles. The van der Waals surface area contributed by atoms with E-state index in [2.05, 4.69) is 15.0 Å². The van der Waals surface area contributed by atoms with Crippen LogP contribution in [0, 0.1) is 0 Å². The van der Waals surface area contributed by atoms with Crippen molar-refractivity contribution in [2.75, 3.05) is 0 Å². The summed E-state index contributed by atoms with van der Waals surface area (Å²) in [6.45, 7) is 0. The Kier molecular flexibility index (Phi) is 3.28. The number of carbonyl (C=O) groups is 1. The maximum absolute atomic E-state index is 11.5. The van der Waals surface area contributed by atoms with Gasteiger partial charge in [-0.2, -0.15) is 4.98 Å². The summed E-state index contributed by atoms with van der Waals surface area (Å²) in [6.07, 6.45) is 3.94. The second kappa shape index (κ2) is 5.44. The summed E-state index contributed by atoms with van der Waals surface area (Å²) < 4.78 is 5.85.